The number of rotatable bonds is 5. The number of likely N-dealkylation sites (tertiary alicyclic amines) is 1. The standard InChI is InChI=1S/C19H28N4O2.HI/c1-21-19(23-11-15-6-2-3-7-16(15)12-23)22-10-14-5-4-8-17(9-14)25-13-18(20)24;/h4-5,8-9,15-16H,2-3,6-7,10-13H2,1H3,(H2,20,24)(H,21,22);1H. The molecule has 0 bridgehead atoms. The molecule has 1 heterocycles. The fourth-order valence-electron chi connectivity index (χ4n) is 3.99. The molecule has 0 aromatic heterocycles. The van der Waals surface area contributed by atoms with Gasteiger partial charge < -0.3 is 20.7 Å². The predicted molar refractivity (Wildman–Crippen MR) is 114 cm³/mol. The second-order valence-electron chi connectivity index (χ2n) is 7.01. The summed E-state index contributed by atoms with van der Waals surface area (Å²) in [5, 5.41) is 3.46. The molecule has 1 amide bonds. The van der Waals surface area contributed by atoms with Gasteiger partial charge in [0.25, 0.3) is 5.91 Å². The predicted octanol–water partition coefficient (Wildman–Crippen LogP) is 2.37. The zero-order valence-corrected chi connectivity index (χ0v) is 17.6. The number of ether oxygens (including phenoxy) is 1. The summed E-state index contributed by atoms with van der Waals surface area (Å²) in [4.78, 5) is 17.7. The molecule has 26 heavy (non-hydrogen) atoms. The number of hydrogen-bond donors (Lipinski definition) is 2. The molecule has 3 N–H and O–H groups in total. The number of benzene rings is 1. The van der Waals surface area contributed by atoms with Crippen molar-refractivity contribution in [2.75, 3.05) is 26.7 Å². The minimum Gasteiger partial charge on any atom is -0.484 e. The fraction of sp³-hybridized carbons (Fsp3) is 0.579. The van der Waals surface area contributed by atoms with Gasteiger partial charge in [0, 0.05) is 26.7 Å². The minimum atomic E-state index is -0.473. The van der Waals surface area contributed by atoms with E-state index in [4.69, 9.17) is 10.5 Å². The highest BCUT2D eigenvalue weighted by Gasteiger charge is 2.35. The van der Waals surface area contributed by atoms with E-state index in [1.165, 1.54) is 25.7 Å². The Morgan fingerprint density at radius 3 is 2.62 bits per heavy atom. The minimum absolute atomic E-state index is 0. The zero-order valence-electron chi connectivity index (χ0n) is 15.3. The molecule has 144 valence electrons. The highest BCUT2D eigenvalue weighted by molar-refractivity contribution is 14.0. The Morgan fingerprint density at radius 1 is 1.31 bits per heavy atom. The fourth-order valence-corrected chi connectivity index (χ4v) is 3.99. The molecule has 2 aliphatic rings. The van der Waals surface area contributed by atoms with Crippen molar-refractivity contribution < 1.29 is 9.53 Å². The molecular weight excluding hydrogens is 443 g/mol. The Kier molecular flexibility index (Phi) is 7.99. The molecule has 7 heteroatoms. The Labute approximate surface area is 172 Å². The molecule has 1 aliphatic heterocycles. The van der Waals surface area contributed by atoms with E-state index in [1.54, 1.807) is 0 Å². The van der Waals surface area contributed by atoms with Crippen LogP contribution in [-0.4, -0.2) is 43.5 Å². The summed E-state index contributed by atoms with van der Waals surface area (Å²) in [6, 6.07) is 7.70. The second-order valence-corrected chi connectivity index (χ2v) is 7.01. The van der Waals surface area contributed by atoms with Gasteiger partial charge in [0.1, 0.15) is 5.75 Å². The number of guanidine groups is 1. The topological polar surface area (TPSA) is 80.0 Å². The van der Waals surface area contributed by atoms with Crippen molar-refractivity contribution in [3.63, 3.8) is 0 Å². The van der Waals surface area contributed by atoms with Gasteiger partial charge in [0.2, 0.25) is 0 Å². The monoisotopic (exact) mass is 472 g/mol. The van der Waals surface area contributed by atoms with Gasteiger partial charge in [-0.05, 0) is 42.4 Å². The van der Waals surface area contributed by atoms with E-state index in [-0.39, 0.29) is 30.6 Å². The van der Waals surface area contributed by atoms with Crippen molar-refractivity contribution in [2.45, 2.75) is 32.2 Å². The molecule has 2 fully saturated rings. The number of carbonyl (C=O) groups is 1. The van der Waals surface area contributed by atoms with Gasteiger partial charge >= 0.3 is 0 Å². The van der Waals surface area contributed by atoms with Crippen LogP contribution in [0.4, 0.5) is 0 Å². The lowest BCUT2D eigenvalue weighted by atomic mass is 9.82. The third kappa shape index (κ3) is 5.49. The second kappa shape index (κ2) is 9.99. The van der Waals surface area contributed by atoms with Crippen molar-refractivity contribution in [2.24, 2.45) is 22.6 Å². The Morgan fingerprint density at radius 2 is 2.00 bits per heavy atom. The van der Waals surface area contributed by atoms with Gasteiger partial charge in [0.15, 0.2) is 12.6 Å². The molecule has 1 aromatic rings. The maximum absolute atomic E-state index is 10.8. The number of primary amides is 1. The van der Waals surface area contributed by atoms with E-state index < -0.39 is 5.91 Å². The maximum atomic E-state index is 10.8. The number of hydrogen-bond acceptors (Lipinski definition) is 3. The van der Waals surface area contributed by atoms with Gasteiger partial charge in [0.05, 0.1) is 0 Å². The van der Waals surface area contributed by atoms with Crippen LogP contribution >= 0.6 is 24.0 Å². The lowest BCUT2D eigenvalue weighted by molar-refractivity contribution is -0.119. The first-order chi connectivity index (χ1) is 12.2. The first kappa shape index (κ1) is 20.8. The SMILES string of the molecule is CN=C(NCc1cccc(OCC(N)=O)c1)N1CC2CCCCC2C1.I. The number of carbonyl (C=O) groups excluding carboxylic acids is 1. The lowest BCUT2D eigenvalue weighted by Gasteiger charge is -2.22. The smallest absolute Gasteiger partial charge is 0.255 e. The van der Waals surface area contributed by atoms with Crippen LogP contribution in [0.2, 0.25) is 0 Å². The highest BCUT2D eigenvalue weighted by atomic mass is 127. The molecule has 3 rings (SSSR count). The largest absolute Gasteiger partial charge is 0.484 e. The van der Waals surface area contributed by atoms with E-state index in [0.717, 1.165) is 36.4 Å². The van der Waals surface area contributed by atoms with Crippen LogP contribution in [0.1, 0.15) is 31.2 Å². The summed E-state index contributed by atoms with van der Waals surface area (Å²) in [5.74, 6) is 2.81. The van der Waals surface area contributed by atoms with Crippen LogP contribution in [-0.2, 0) is 11.3 Å². The number of fused-ring (bicyclic) bond motifs is 1. The molecular formula is C19H29IN4O2. The number of amides is 1. The highest BCUT2D eigenvalue weighted by Crippen LogP contribution is 2.35. The summed E-state index contributed by atoms with van der Waals surface area (Å²) in [6.07, 6.45) is 5.47. The normalized spacial score (nSPS) is 22.3. The first-order valence-electron chi connectivity index (χ1n) is 9.11. The third-order valence-electron chi connectivity index (χ3n) is 5.22. The van der Waals surface area contributed by atoms with Crippen molar-refractivity contribution in [3.05, 3.63) is 29.8 Å². The molecule has 1 aromatic carbocycles. The summed E-state index contributed by atoms with van der Waals surface area (Å²) >= 11 is 0. The van der Waals surface area contributed by atoms with Gasteiger partial charge in [-0.2, -0.15) is 0 Å². The van der Waals surface area contributed by atoms with Gasteiger partial charge in [-0.1, -0.05) is 25.0 Å². The average Bonchev–Trinajstić information content (AvgIpc) is 3.05. The number of nitrogens with one attached hydrogen (secondary N) is 1. The maximum Gasteiger partial charge on any atom is 0.255 e. The number of nitrogens with two attached hydrogens (primary N) is 1. The van der Waals surface area contributed by atoms with Crippen molar-refractivity contribution in [1.82, 2.24) is 10.2 Å². The van der Waals surface area contributed by atoms with Gasteiger partial charge in [-0.3, -0.25) is 9.79 Å². The number of halogens is 1. The van der Waals surface area contributed by atoms with Crippen LogP contribution in [0, 0.1) is 11.8 Å². The Balaban J connectivity index is 0.00000243. The third-order valence-corrected chi connectivity index (χ3v) is 5.22. The van der Waals surface area contributed by atoms with Crippen LogP contribution in [0.15, 0.2) is 29.3 Å². The van der Waals surface area contributed by atoms with E-state index in [1.807, 2.05) is 31.3 Å². The van der Waals surface area contributed by atoms with Crippen LogP contribution < -0.4 is 15.8 Å². The van der Waals surface area contributed by atoms with Crippen LogP contribution in [0.3, 0.4) is 0 Å². The molecule has 2 unspecified atom stereocenters. The first-order valence-corrected chi connectivity index (χ1v) is 9.11. The molecule has 6 nitrogen and oxygen atoms in total. The van der Waals surface area contributed by atoms with E-state index >= 15 is 0 Å². The lowest BCUT2D eigenvalue weighted by Crippen LogP contribution is -2.39. The van der Waals surface area contributed by atoms with Crippen molar-refractivity contribution >= 4 is 35.8 Å². The molecule has 1 saturated carbocycles. The van der Waals surface area contributed by atoms with Crippen molar-refractivity contribution in [1.29, 1.82) is 0 Å². The number of aliphatic imine (C=N–C) groups is 1. The van der Waals surface area contributed by atoms with Gasteiger partial charge in [-0.15, -0.1) is 24.0 Å². The summed E-state index contributed by atoms with van der Waals surface area (Å²) in [6.45, 7) is 2.81. The quantitative estimate of drug-likeness (QED) is 0.392. The summed E-state index contributed by atoms with van der Waals surface area (Å²) in [7, 11) is 1.84. The van der Waals surface area contributed by atoms with E-state index in [2.05, 4.69) is 15.2 Å². The molecule has 0 radical (unpaired) electrons. The molecule has 0 spiro atoms. The zero-order chi connectivity index (χ0) is 17.6. The average molecular weight is 472 g/mol. The van der Waals surface area contributed by atoms with Crippen LogP contribution in [0.5, 0.6) is 5.75 Å². The van der Waals surface area contributed by atoms with Crippen LogP contribution in [0.25, 0.3) is 0 Å². The molecule has 1 aliphatic carbocycles. The molecule has 2 atom stereocenters. The van der Waals surface area contributed by atoms with E-state index in [0.29, 0.717) is 12.3 Å². The summed E-state index contributed by atoms with van der Waals surface area (Å²) < 4.78 is 5.36. The van der Waals surface area contributed by atoms with E-state index in [9.17, 15) is 4.79 Å². The Bertz CT molecular complexity index is 624. The molecule has 1 saturated heterocycles. The van der Waals surface area contributed by atoms with Gasteiger partial charge in [-0.25, -0.2) is 0 Å². The Hall–Kier alpha value is -1.51. The number of nitrogens with zero attached hydrogens (tertiary/aromatic N) is 2. The van der Waals surface area contributed by atoms with Crippen molar-refractivity contribution in [3.8, 4) is 5.75 Å². The summed E-state index contributed by atoms with van der Waals surface area (Å²) in [5.41, 5.74) is 6.20.